The summed E-state index contributed by atoms with van der Waals surface area (Å²) in [6, 6.07) is 11.9. The van der Waals surface area contributed by atoms with Crippen LogP contribution in [0.2, 0.25) is 5.02 Å². The Labute approximate surface area is 140 Å². The molecule has 0 atom stereocenters. The summed E-state index contributed by atoms with van der Waals surface area (Å²) in [4.78, 5) is 11.9. The molecule has 0 aromatic heterocycles. The minimum Gasteiger partial charge on any atom is -0.506 e. The van der Waals surface area contributed by atoms with Crippen molar-refractivity contribution in [2.45, 2.75) is 13.3 Å². The number of carbonyl (C=O) groups is 1. The lowest BCUT2D eigenvalue weighted by Gasteiger charge is -2.05. The molecule has 0 heterocycles. The van der Waals surface area contributed by atoms with Gasteiger partial charge in [0.05, 0.1) is 12.3 Å². The van der Waals surface area contributed by atoms with Gasteiger partial charge in [-0.05, 0) is 48.4 Å². The highest BCUT2D eigenvalue weighted by Gasteiger charge is 2.04. The number of benzene rings is 2. The second kappa shape index (κ2) is 8.25. The van der Waals surface area contributed by atoms with Gasteiger partial charge in [0.2, 0.25) is 5.91 Å². The summed E-state index contributed by atoms with van der Waals surface area (Å²) >= 11 is 5.83. The van der Waals surface area contributed by atoms with Crippen molar-refractivity contribution in [1.82, 2.24) is 0 Å². The third kappa shape index (κ3) is 5.34. The fraction of sp³-hybridized carbons (Fsp3) is 0.167. The third-order valence-corrected chi connectivity index (χ3v) is 3.23. The van der Waals surface area contributed by atoms with Crippen LogP contribution in [0.25, 0.3) is 6.08 Å². The van der Waals surface area contributed by atoms with E-state index in [1.807, 2.05) is 31.2 Å². The van der Waals surface area contributed by atoms with Crippen LogP contribution >= 0.6 is 11.6 Å². The van der Waals surface area contributed by atoms with Crippen LogP contribution in [0.1, 0.15) is 18.9 Å². The Hall–Kier alpha value is -2.46. The molecule has 0 unspecified atom stereocenters. The van der Waals surface area contributed by atoms with E-state index in [1.165, 1.54) is 18.2 Å². The van der Waals surface area contributed by atoms with Crippen LogP contribution in [0.4, 0.5) is 5.69 Å². The summed E-state index contributed by atoms with van der Waals surface area (Å²) in [5.74, 6) is 0.416. The molecule has 0 saturated heterocycles. The number of amides is 1. The van der Waals surface area contributed by atoms with Gasteiger partial charge in [0, 0.05) is 11.1 Å². The van der Waals surface area contributed by atoms with Crippen molar-refractivity contribution in [3.8, 4) is 11.5 Å². The van der Waals surface area contributed by atoms with Gasteiger partial charge in [-0.3, -0.25) is 4.79 Å². The number of aromatic hydroxyl groups is 1. The van der Waals surface area contributed by atoms with E-state index in [2.05, 4.69) is 5.32 Å². The summed E-state index contributed by atoms with van der Waals surface area (Å²) in [5, 5.41) is 12.7. The molecule has 2 aromatic carbocycles. The monoisotopic (exact) mass is 331 g/mol. The van der Waals surface area contributed by atoms with Crippen molar-refractivity contribution in [3.63, 3.8) is 0 Å². The van der Waals surface area contributed by atoms with Crippen LogP contribution < -0.4 is 10.1 Å². The molecule has 23 heavy (non-hydrogen) atoms. The molecule has 0 aliphatic rings. The molecule has 0 spiro atoms. The number of carbonyl (C=O) groups excluding carboxylic acids is 1. The van der Waals surface area contributed by atoms with E-state index < -0.39 is 0 Å². The third-order valence-electron chi connectivity index (χ3n) is 3.00. The van der Waals surface area contributed by atoms with E-state index >= 15 is 0 Å². The number of nitrogens with one attached hydrogen (secondary N) is 1. The van der Waals surface area contributed by atoms with Gasteiger partial charge in [-0.2, -0.15) is 0 Å². The minimum absolute atomic E-state index is 0.0337. The second-order valence-electron chi connectivity index (χ2n) is 4.90. The van der Waals surface area contributed by atoms with Gasteiger partial charge in [-0.25, -0.2) is 0 Å². The number of rotatable bonds is 6. The van der Waals surface area contributed by atoms with E-state index in [0.717, 1.165) is 17.7 Å². The Morgan fingerprint density at radius 3 is 2.70 bits per heavy atom. The number of hydrogen-bond donors (Lipinski definition) is 2. The van der Waals surface area contributed by atoms with Crippen LogP contribution in [0.15, 0.2) is 48.5 Å². The molecule has 4 nitrogen and oxygen atoms in total. The fourth-order valence-electron chi connectivity index (χ4n) is 1.85. The van der Waals surface area contributed by atoms with E-state index in [9.17, 15) is 9.90 Å². The molecular formula is C18H18ClNO3. The van der Waals surface area contributed by atoms with Crippen LogP contribution in [0, 0.1) is 0 Å². The molecule has 0 aliphatic carbocycles. The number of ether oxygens (including phenoxy) is 1. The van der Waals surface area contributed by atoms with Gasteiger partial charge in [0.15, 0.2) is 0 Å². The van der Waals surface area contributed by atoms with Crippen molar-refractivity contribution in [1.29, 1.82) is 0 Å². The Balaban J connectivity index is 1.96. The van der Waals surface area contributed by atoms with Crippen LogP contribution in [-0.4, -0.2) is 17.6 Å². The van der Waals surface area contributed by atoms with E-state index in [1.54, 1.807) is 12.1 Å². The molecule has 5 heteroatoms. The lowest BCUT2D eigenvalue weighted by molar-refractivity contribution is -0.111. The van der Waals surface area contributed by atoms with Crippen molar-refractivity contribution in [2.75, 3.05) is 11.9 Å². The number of phenolic OH excluding ortho intramolecular Hbond substituents is 1. The minimum atomic E-state index is -0.353. The molecule has 0 aliphatic heterocycles. The Kier molecular flexibility index (Phi) is 6.06. The first-order valence-corrected chi connectivity index (χ1v) is 7.66. The largest absolute Gasteiger partial charge is 0.506 e. The summed E-state index contributed by atoms with van der Waals surface area (Å²) in [6.45, 7) is 2.73. The van der Waals surface area contributed by atoms with Crippen molar-refractivity contribution in [2.24, 2.45) is 0 Å². The second-order valence-corrected chi connectivity index (χ2v) is 5.34. The van der Waals surface area contributed by atoms with E-state index in [0.29, 0.717) is 11.6 Å². The van der Waals surface area contributed by atoms with E-state index in [4.69, 9.17) is 16.3 Å². The number of phenols is 1. The summed E-state index contributed by atoms with van der Waals surface area (Å²) in [6.07, 6.45) is 4.03. The highest BCUT2D eigenvalue weighted by Crippen LogP contribution is 2.26. The van der Waals surface area contributed by atoms with Gasteiger partial charge < -0.3 is 15.2 Å². The topological polar surface area (TPSA) is 58.6 Å². The summed E-state index contributed by atoms with van der Waals surface area (Å²) in [7, 11) is 0. The van der Waals surface area contributed by atoms with Gasteiger partial charge in [-0.1, -0.05) is 30.7 Å². The number of anilines is 1. The zero-order valence-corrected chi connectivity index (χ0v) is 13.5. The number of halogens is 1. The Bertz CT molecular complexity index is 696. The van der Waals surface area contributed by atoms with Crippen molar-refractivity contribution >= 4 is 29.3 Å². The normalized spacial score (nSPS) is 10.7. The molecule has 120 valence electrons. The van der Waals surface area contributed by atoms with Gasteiger partial charge in [0.25, 0.3) is 0 Å². The first-order valence-electron chi connectivity index (χ1n) is 7.29. The van der Waals surface area contributed by atoms with Crippen LogP contribution in [0.5, 0.6) is 11.5 Å². The molecule has 2 rings (SSSR count). The molecule has 2 aromatic rings. The highest BCUT2D eigenvalue weighted by molar-refractivity contribution is 6.31. The Morgan fingerprint density at radius 1 is 1.26 bits per heavy atom. The smallest absolute Gasteiger partial charge is 0.248 e. The Morgan fingerprint density at radius 2 is 2.00 bits per heavy atom. The standard InChI is InChI=1S/C18H18ClNO3/c1-2-11-23-15-7-3-13(4-8-15)5-10-18(22)20-16-12-14(19)6-9-17(16)21/h3-10,12,21H,2,11H2,1H3,(H,20,22)/b10-5+. The fourth-order valence-corrected chi connectivity index (χ4v) is 2.02. The lowest BCUT2D eigenvalue weighted by atomic mass is 10.2. The van der Waals surface area contributed by atoms with Gasteiger partial charge >= 0.3 is 0 Å². The highest BCUT2D eigenvalue weighted by atomic mass is 35.5. The van der Waals surface area contributed by atoms with Crippen molar-refractivity contribution < 1.29 is 14.6 Å². The predicted octanol–water partition coefficient (Wildman–Crippen LogP) is 4.49. The van der Waals surface area contributed by atoms with Crippen molar-refractivity contribution in [3.05, 3.63) is 59.1 Å². The first-order chi connectivity index (χ1) is 11.1. The maximum Gasteiger partial charge on any atom is 0.248 e. The number of hydrogen-bond acceptors (Lipinski definition) is 3. The zero-order chi connectivity index (χ0) is 16.7. The SMILES string of the molecule is CCCOc1ccc(/C=C/C(=O)Nc2cc(Cl)ccc2O)cc1. The predicted molar refractivity (Wildman–Crippen MR) is 93.0 cm³/mol. The summed E-state index contributed by atoms with van der Waals surface area (Å²) < 4.78 is 5.50. The molecule has 0 bridgehead atoms. The van der Waals surface area contributed by atoms with E-state index in [-0.39, 0.29) is 17.3 Å². The van der Waals surface area contributed by atoms with Gasteiger partial charge in [-0.15, -0.1) is 0 Å². The molecule has 0 radical (unpaired) electrons. The quantitative estimate of drug-likeness (QED) is 0.606. The zero-order valence-electron chi connectivity index (χ0n) is 12.8. The maximum atomic E-state index is 11.9. The molecule has 1 amide bonds. The average molecular weight is 332 g/mol. The summed E-state index contributed by atoms with van der Waals surface area (Å²) in [5.41, 5.74) is 1.15. The average Bonchev–Trinajstić information content (AvgIpc) is 2.55. The molecule has 0 fully saturated rings. The maximum absolute atomic E-state index is 11.9. The molecular weight excluding hydrogens is 314 g/mol. The van der Waals surface area contributed by atoms with Crippen LogP contribution in [-0.2, 0) is 4.79 Å². The first kappa shape index (κ1) is 16.9. The lowest BCUT2D eigenvalue weighted by Crippen LogP contribution is -2.07. The van der Waals surface area contributed by atoms with Gasteiger partial charge in [0.1, 0.15) is 11.5 Å². The van der Waals surface area contributed by atoms with Crippen LogP contribution in [0.3, 0.4) is 0 Å². The molecule has 2 N–H and O–H groups in total. The molecule has 0 saturated carbocycles.